The number of ether oxygens (including phenoxy) is 1. The summed E-state index contributed by atoms with van der Waals surface area (Å²) in [5.74, 6) is 0.651. The third-order valence-corrected chi connectivity index (χ3v) is 5.33. The summed E-state index contributed by atoms with van der Waals surface area (Å²) >= 11 is 0. The van der Waals surface area contributed by atoms with Crippen LogP contribution in [0.15, 0.2) is 60.8 Å². The zero-order chi connectivity index (χ0) is 21.1. The Kier molecular flexibility index (Phi) is 5.57. The normalized spacial score (nSPS) is 13.9. The Morgan fingerprint density at radius 2 is 1.90 bits per heavy atom. The number of pyridine rings is 1. The number of anilines is 2. The number of carboxylic acids is 1. The standard InChI is InChI=1S/C24H25N3O3/c1-16-3-5-18(6-4-16)15-27-13-14-30-21-11-12-25-23(22(21)27)26-17(2)19-7-9-20(10-8-19)24(28)29/h3-12,17H,13-15H2,1-2H3,(H,25,26)(H,28,29)/t17-/m0/s1. The van der Waals surface area contributed by atoms with Crippen molar-refractivity contribution in [2.24, 2.45) is 0 Å². The molecule has 0 aliphatic carbocycles. The maximum atomic E-state index is 11.1. The fourth-order valence-corrected chi connectivity index (χ4v) is 3.62. The number of fused-ring (bicyclic) bond motifs is 1. The van der Waals surface area contributed by atoms with E-state index in [4.69, 9.17) is 9.84 Å². The molecule has 1 aliphatic rings. The highest BCUT2D eigenvalue weighted by atomic mass is 16.5. The second-order valence-electron chi connectivity index (χ2n) is 7.56. The molecule has 0 bridgehead atoms. The molecule has 154 valence electrons. The van der Waals surface area contributed by atoms with E-state index in [0.717, 1.165) is 35.9 Å². The van der Waals surface area contributed by atoms with Gasteiger partial charge in [0.05, 0.1) is 18.2 Å². The maximum absolute atomic E-state index is 11.1. The Bertz CT molecular complexity index is 1030. The van der Waals surface area contributed by atoms with Gasteiger partial charge >= 0.3 is 5.97 Å². The quantitative estimate of drug-likeness (QED) is 0.624. The van der Waals surface area contributed by atoms with Crippen LogP contribution in [0.1, 0.15) is 40.0 Å². The molecule has 3 aromatic rings. The lowest BCUT2D eigenvalue weighted by Crippen LogP contribution is -2.33. The van der Waals surface area contributed by atoms with Crippen molar-refractivity contribution in [3.05, 3.63) is 83.0 Å². The first-order valence-corrected chi connectivity index (χ1v) is 10.0. The molecular formula is C24H25N3O3. The predicted molar refractivity (Wildman–Crippen MR) is 117 cm³/mol. The Hall–Kier alpha value is -3.54. The molecule has 0 unspecified atom stereocenters. The minimum atomic E-state index is -0.926. The number of rotatable bonds is 6. The van der Waals surface area contributed by atoms with Crippen LogP contribution < -0.4 is 15.0 Å². The number of aryl methyl sites for hydroxylation is 1. The van der Waals surface area contributed by atoms with Crippen LogP contribution in [0.25, 0.3) is 0 Å². The van der Waals surface area contributed by atoms with E-state index in [-0.39, 0.29) is 11.6 Å². The largest absolute Gasteiger partial charge is 0.489 e. The fourth-order valence-electron chi connectivity index (χ4n) is 3.62. The third kappa shape index (κ3) is 4.22. The minimum Gasteiger partial charge on any atom is -0.489 e. The third-order valence-electron chi connectivity index (χ3n) is 5.33. The lowest BCUT2D eigenvalue weighted by Gasteiger charge is -2.33. The molecule has 2 aromatic carbocycles. The molecule has 0 saturated carbocycles. The van der Waals surface area contributed by atoms with Gasteiger partial charge in [0.15, 0.2) is 5.82 Å². The van der Waals surface area contributed by atoms with Crippen molar-refractivity contribution in [3.8, 4) is 5.75 Å². The number of benzene rings is 2. The van der Waals surface area contributed by atoms with E-state index in [2.05, 4.69) is 46.4 Å². The van der Waals surface area contributed by atoms with Crippen molar-refractivity contribution >= 4 is 17.5 Å². The van der Waals surface area contributed by atoms with Crippen molar-refractivity contribution in [2.75, 3.05) is 23.4 Å². The van der Waals surface area contributed by atoms with Crippen LogP contribution in [0.5, 0.6) is 5.75 Å². The van der Waals surface area contributed by atoms with Crippen LogP contribution in [0.2, 0.25) is 0 Å². The monoisotopic (exact) mass is 403 g/mol. The molecule has 4 rings (SSSR count). The van der Waals surface area contributed by atoms with E-state index in [1.165, 1.54) is 11.1 Å². The number of nitrogens with one attached hydrogen (secondary N) is 1. The first-order valence-electron chi connectivity index (χ1n) is 10.0. The molecular weight excluding hydrogens is 378 g/mol. The number of carboxylic acid groups (broad SMARTS) is 1. The van der Waals surface area contributed by atoms with Gasteiger partial charge in [-0.05, 0) is 37.1 Å². The Balaban J connectivity index is 1.58. The molecule has 0 radical (unpaired) electrons. The zero-order valence-electron chi connectivity index (χ0n) is 17.1. The Labute approximate surface area is 176 Å². The summed E-state index contributed by atoms with van der Waals surface area (Å²) in [5.41, 5.74) is 4.70. The first-order chi connectivity index (χ1) is 14.5. The topological polar surface area (TPSA) is 74.7 Å². The van der Waals surface area contributed by atoms with Gasteiger partial charge in [0, 0.05) is 18.8 Å². The summed E-state index contributed by atoms with van der Waals surface area (Å²) in [7, 11) is 0. The van der Waals surface area contributed by atoms with Gasteiger partial charge in [0.25, 0.3) is 0 Å². The van der Waals surface area contributed by atoms with Gasteiger partial charge in [0.1, 0.15) is 18.0 Å². The number of hydrogen-bond acceptors (Lipinski definition) is 5. The zero-order valence-corrected chi connectivity index (χ0v) is 17.1. The lowest BCUT2D eigenvalue weighted by molar-refractivity contribution is 0.0697. The van der Waals surface area contributed by atoms with E-state index in [0.29, 0.717) is 6.61 Å². The highest BCUT2D eigenvalue weighted by Crippen LogP contribution is 2.39. The van der Waals surface area contributed by atoms with Crippen molar-refractivity contribution in [1.82, 2.24) is 4.98 Å². The van der Waals surface area contributed by atoms with Crippen LogP contribution in [-0.4, -0.2) is 29.2 Å². The second-order valence-corrected chi connectivity index (χ2v) is 7.56. The van der Waals surface area contributed by atoms with Crippen molar-refractivity contribution in [1.29, 1.82) is 0 Å². The van der Waals surface area contributed by atoms with Gasteiger partial charge in [-0.2, -0.15) is 0 Å². The smallest absolute Gasteiger partial charge is 0.335 e. The Morgan fingerprint density at radius 3 is 2.60 bits per heavy atom. The fraction of sp³-hybridized carbons (Fsp3) is 0.250. The molecule has 2 N–H and O–H groups in total. The van der Waals surface area contributed by atoms with E-state index in [1.807, 2.05) is 25.1 Å². The van der Waals surface area contributed by atoms with Crippen LogP contribution in [0.4, 0.5) is 11.5 Å². The van der Waals surface area contributed by atoms with Crippen LogP contribution in [-0.2, 0) is 6.54 Å². The average molecular weight is 403 g/mol. The summed E-state index contributed by atoms with van der Waals surface area (Å²) in [6.45, 7) is 6.31. The van der Waals surface area contributed by atoms with Crippen LogP contribution in [0.3, 0.4) is 0 Å². The SMILES string of the molecule is Cc1ccc(CN2CCOc3ccnc(N[C@@H](C)c4ccc(C(=O)O)cc4)c32)cc1. The summed E-state index contributed by atoms with van der Waals surface area (Å²) < 4.78 is 5.89. The van der Waals surface area contributed by atoms with Gasteiger partial charge in [0.2, 0.25) is 0 Å². The van der Waals surface area contributed by atoms with Gasteiger partial charge in [-0.25, -0.2) is 9.78 Å². The van der Waals surface area contributed by atoms with E-state index in [1.54, 1.807) is 18.3 Å². The van der Waals surface area contributed by atoms with Crippen LogP contribution in [0, 0.1) is 6.92 Å². The lowest BCUT2D eigenvalue weighted by atomic mass is 10.1. The second kappa shape index (κ2) is 8.45. The summed E-state index contributed by atoms with van der Waals surface area (Å²) in [6, 6.07) is 17.3. The molecule has 1 aromatic heterocycles. The molecule has 1 aliphatic heterocycles. The number of nitrogens with zero attached hydrogens (tertiary/aromatic N) is 2. The van der Waals surface area contributed by atoms with Crippen molar-refractivity contribution < 1.29 is 14.6 Å². The molecule has 0 spiro atoms. The molecule has 1 atom stereocenters. The Morgan fingerprint density at radius 1 is 1.17 bits per heavy atom. The van der Waals surface area contributed by atoms with Crippen LogP contribution >= 0.6 is 0 Å². The summed E-state index contributed by atoms with van der Waals surface area (Å²) in [4.78, 5) is 18.0. The first kappa shape index (κ1) is 19.8. The van der Waals surface area contributed by atoms with Crippen molar-refractivity contribution in [2.45, 2.75) is 26.4 Å². The van der Waals surface area contributed by atoms with Gasteiger partial charge in [-0.1, -0.05) is 42.0 Å². The molecule has 0 amide bonds. The van der Waals surface area contributed by atoms with E-state index >= 15 is 0 Å². The minimum absolute atomic E-state index is 0.0463. The molecule has 0 saturated heterocycles. The molecule has 6 heteroatoms. The number of hydrogen-bond donors (Lipinski definition) is 2. The highest BCUT2D eigenvalue weighted by molar-refractivity contribution is 5.87. The number of aromatic nitrogens is 1. The predicted octanol–water partition coefficient (Wildman–Crippen LogP) is 4.66. The van der Waals surface area contributed by atoms with E-state index in [9.17, 15) is 4.79 Å². The summed E-state index contributed by atoms with van der Waals surface area (Å²) in [5, 5.41) is 12.6. The maximum Gasteiger partial charge on any atom is 0.335 e. The highest BCUT2D eigenvalue weighted by Gasteiger charge is 2.24. The molecule has 0 fully saturated rings. The molecule has 2 heterocycles. The number of carbonyl (C=O) groups is 1. The van der Waals surface area contributed by atoms with Gasteiger partial charge in [-0.15, -0.1) is 0 Å². The average Bonchev–Trinajstić information content (AvgIpc) is 2.75. The number of aromatic carboxylic acids is 1. The molecule has 30 heavy (non-hydrogen) atoms. The summed E-state index contributed by atoms with van der Waals surface area (Å²) in [6.07, 6.45) is 1.75. The van der Waals surface area contributed by atoms with Crippen molar-refractivity contribution in [3.63, 3.8) is 0 Å². The van der Waals surface area contributed by atoms with Gasteiger partial charge in [-0.3, -0.25) is 0 Å². The molecule has 6 nitrogen and oxygen atoms in total. The van der Waals surface area contributed by atoms with Gasteiger partial charge < -0.3 is 20.1 Å². The van der Waals surface area contributed by atoms with E-state index < -0.39 is 5.97 Å².